The molecule has 1 N–H and O–H groups in total. The molecule has 1 aromatic carbocycles. The van der Waals surface area contributed by atoms with Gasteiger partial charge < -0.3 is 5.32 Å². The maximum absolute atomic E-state index is 12.2. The summed E-state index contributed by atoms with van der Waals surface area (Å²) in [4.78, 5) is 12.2. The Hall–Kier alpha value is -1.56. The number of sulfonamides is 1. The van der Waals surface area contributed by atoms with E-state index in [9.17, 15) is 13.2 Å². The Bertz CT molecular complexity index is 637. The average Bonchev–Trinajstić information content (AvgIpc) is 2.51. The molecule has 0 atom stereocenters. The average molecular weight is 338 g/mol. The minimum atomic E-state index is -3.51. The van der Waals surface area contributed by atoms with Crippen molar-refractivity contribution >= 4 is 21.6 Å². The highest BCUT2D eigenvalue weighted by molar-refractivity contribution is 7.92. The van der Waals surface area contributed by atoms with Crippen molar-refractivity contribution in [2.75, 3.05) is 23.7 Å². The first-order valence-corrected chi connectivity index (χ1v) is 10.0. The second-order valence-electron chi connectivity index (χ2n) is 6.36. The summed E-state index contributed by atoms with van der Waals surface area (Å²) >= 11 is 0. The number of anilines is 1. The van der Waals surface area contributed by atoms with E-state index in [4.69, 9.17) is 0 Å². The van der Waals surface area contributed by atoms with Crippen LogP contribution in [0.15, 0.2) is 24.3 Å². The minimum Gasteiger partial charge on any atom is -0.354 e. The van der Waals surface area contributed by atoms with E-state index in [0.29, 0.717) is 18.2 Å². The van der Waals surface area contributed by atoms with Gasteiger partial charge in [0.15, 0.2) is 0 Å². The van der Waals surface area contributed by atoms with Gasteiger partial charge in [0.05, 0.1) is 11.9 Å². The predicted molar refractivity (Wildman–Crippen MR) is 93.0 cm³/mol. The van der Waals surface area contributed by atoms with E-state index in [1.54, 1.807) is 12.1 Å². The molecule has 2 rings (SSSR count). The van der Waals surface area contributed by atoms with Crippen LogP contribution in [0.1, 0.15) is 37.7 Å². The lowest BCUT2D eigenvalue weighted by Gasteiger charge is -2.25. The second kappa shape index (κ2) is 7.81. The van der Waals surface area contributed by atoms with E-state index in [-0.39, 0.29) is 12.5 Å². The monoisotopic (exact) mass is 338 g/mol. The largest absolute Gasteiger partial charge is 0.354 e. The number of carbonyl (C=O) groups is 1. The molecule has 23 heavy (non-hydrogen) atoms. The first kappa shape index (κ1) is 17.8. The maximum atomic E-state index is 12.2. The molecule has 1 amide bonds. The quantitative estimate of drug-likeness (QED) is 0.866. The Balaban J connectivity index is 2.01. The van der Waals surface area contributed by atoms with Crippen LogP contribution in [0.25, 0.3) is 0 Å². The number of aryl methyl sites for hydroxylation is 1. The molecule has 0 spiro atoms. The van der Waals surface area contributed by atoms with Crippen molar-refractivity contribution in [2.24, 2.45) is 5.92 Å². The number of nitrogens with zero attached hydrogens (tertiary/aromatic N) is 1. The molecule has 1 aliphatic carbocycles. The molecule has 6 heteroatoms. The van der Waals surface area contributed by atoms with Crippen molar-refractivity contribution in [3.05, 3.63) is 29.8 Å². The molecule has 0 unspecified atom stereocenters. The number of benzene rings is 1. The van der Waals surface area contributed by atoms with Gasteiger partial charge in [0.2, 0.25) is 15.9 Å². The van der Waals surface area contributed by atoms with Crippen LogP contribution in [-0.4, -0.2) is 33.7 Å². The van der Waals surface area contributed by atoms with Crippen molar-refractivity contribution in [3.8, 4) is 0 Å². The summed E-state index contributed by atoms with van der Waals surface area (Å²) in [5.41, 5.74) is 1.39. The molecule has 0 aromatic heterocycles. The third kappa shape index (κ3) is 5.23. The number of nitrogens with one attached hydrogen (secondary N) is 1. The standard InChI is InChI=1S/C17H26N2O3S/c1-14-8-6-7-11-16(14)19(23(2,21)22)13-17(20)18-12-15-9-4-3-5-10-15/h6-8,11,15H,3-5,9-10,12-13H2,1-2H3,(H,18,20). The van der Waals surface area contributed by atoms with Gasteiger partial charge in [0.1, 0.15) is 6.54 Å². The Labute approximate surface area is 139 Å². The van der Waals surface area contributed by atoms with E-state index in [2.05, 4.69) is 5.32 Å². The zero-order valence-electron chi connectivity index (χ0n) is 13.9. The molecule has 1 fully saturated rings. The molecule has 5 nitrogen and oxygen atoms in total. The van der Waals surface area contributed by atoms with Gasteiger partial charge in [-0.2, -0.15) is 0 Å². The molecule has 0 saturated heterocycles. The number of hydrogen-bond acceptors (Lipinski definition) is 3. The third-order valence-corrected chi connectivity index (χ3v) is 5.51. The third-order valence-electron chi connectivity index (χ3n) is 4.38. The summed E-state index contributed by atoms with van der Waals surface area (Å²) in [5, 5.41) is 2.90. The predicted octanol–water partition coefficient (Wildman–Crippen LogP) is 2.46. The summed E-state index contributed by atoms with van der Waals surface area (Å²) in [6, 6.07) is 7.20. The van der Waals surface area contributed by atoms with Crippen LogP contribution in [0.4, 0.5) is 5.69 Å². The van der Waals surface area contributed by atoms with E-state index in [1.165, 1.54) is 23.6 Å². The van der Waals surface area contributed by atoms with Crippen molar-refractivity contribution in [3.63, 3.8) is 0 Å². The SMILES string of the molecule is Cc1ccccc1N(CC(=O)NCC1CCCCC1)S(C)(=O)=O. The van der Waals surface area contributed by atoms with Gasteiger partial charge in [-0.25, -0.2) is 8.42 Å². The topological polar surface area (TPSA) is 66.5 Å². The van der Waals surface area contributed by atoms with Crippen LogP contribution in [-0.2, 0) is 14.8 Å². The lowest BCUT2D eigenvalue weighted by atomic mass is 9.89. The van der Waals surface area contributed by atoms with Crippen molar-refractivity contribution < 1.29 is 13.2 Å². The lowest BCUT2D eigenvalue weighted by Crippen LogP contribution is -2.42. The number of amides is 1. The highest BCUT2D eigenvalue weighted by atomic mass is 32.2. The molecule has 0 heterocycles. The highest BCUT2D eigenvalue weighted by Gasteiger charge is 2.22. The molecule has 1 aromatic rings. The number of rotatable bonds is 6. The van der Waals surface area contributed by atoms with Crippen LogP contribution in [0.2, 0.25) is 0 Å². The Morgan fingerprint density at radius 3 is 2.48 bits per heavy atom. The maximum Gasteiger partial charge on any atom is 0.240 e. The van der Waals surface area contributed by atoms with Crippen LogP contribution in [0.3, 0.4) is 0 Å². The molecule has 0 bridgehead atoms. The fourth-order valence-corrected chi connectivity index (χ4v) is 3.97. The molecular formula is C17H26N2O3S. The molecule has 128 valence electrons. The van der Waals surface area contributed by atoms with Gasteiger partial charge in [0.25, 0.3) is 0 Å². The summed E-state index contributed by atoms with van der Waals surface area (Å²) in [7, 11) is -3.51. The Morgan fingerprint density at radius 1 is 1.22 bits per heavy atom. The van der Waals surface area contributed by atoms with E-state index in [1.807, 2.05) is 19.1 Å². The second-order valence-corrected chi connectivity index (χ2v) is 8.27. The molecule has 1 saturated carbocycles. The smallest absolute Gasteiger partial charge is 0.240 e. The zero-order valence-corrected chi connectivity index (χ0v) is 14.7. The van der Waals surface area contributed by atoms with E-state index in [0.717, 1.165) is 24.7 Å². The van der Waals surface area contributed by atoms with Gasteiger partial charge in [0, 0.05) is 6.54 Å². The van der Waals surface area contributed by atoms with E-state index < -0.39 is 10.0 Å². The summed E-state index contributed by atoms with van der Waals surface area (Å²) in [6.07, 6.45) is 7.15. The Kier molecular flexibility index (Phi) is 6.04. The number of hydrogen-bond donors (Lipinski definition) is 1. The van der Waals surface area contributed by atoms with Crippen LogP contribution < -0.4 is 9.62 Å². The molecular weight excluding hydrogens is 312 g/mol. The van der Waals surface area contributed by atoms with Crippen molar-refractivity contribution in [2.45, 2.75) is 39.0 Å². The fraction of sp³-hybridized carbons (Fsp3) is 0.588. The number of para-hydroxylation sites is 1. The van der Waals surface area contributed by atoms with Crippen LogP contribution in [0, 0.1) is 12.8 Å². The van der Waals surface area contributed by atoms with Gasteiger partial charge in [-0.1, -0.05) is 37.5 Å². The summed E-state index contributed by atoms with van der Waals surface area (Å²) < 4.78 is 25.3. The number of carbonyl (C=O) groups excluding carboxylic acids is 1. The molecule has 0 aliphatic heterocycles. The van der Waals surface area contributed by atoms with Gasteiger partial charge >= 0.3 is 0 Å². The van der Waals surface area contributed by atoms with Crippen molar-refractivity contribution in [1.29, 1.82) is 0 Å². The van der Waals surface area contributed by atoms with Gasteiger partial charge in [-0.05, 0) is 37.3 Å². The van der Waals surface area contributed by atoms with E-state index >= 15 is 0 Å². The Morgan fingerprint density at radius 2 is 1.87 bits per heavy atom. The first-order valence-electron chi connectivity index (χ1n) is 8.18. The zero-order chi connectivity index (χ0) is 16.9. The lowest BCUT2D eigenvalue weighted by molar-refractivity contribution is -0.119. The molecule has 0 radical (unpaired) electrons. The first-order chi connectivity index (χ1) is 10.9. The molecule has 1 aliphatic rings. The van der Waals surface area contributed by atoms with Gasteiger partial charge in [-0.15, -0.1) is 0 Å². The summed E-state index contributed by atoms with van der Waals surface area (Å²) in [6.45, 7) is 2.31. The van der Waals surface area contributed by atoms with Crippen LogP contribution in [0.5, 0.6) is 0 Å². The normalized spacial score (nSPS) is 16.1. The fourth-order valence-electron chi connectivity index (χ4n) is 3.06. The summed E-state index contributed by atoms with van der Waals surface area (Å²) in [5.74, 6) is 0.280. The van der Waals surface area contributed by atoms with Gasteiger partial charge in [-0.3, -0.25) is 9.10 Å². The van der Waals surface area contributed by atoms with Crippen molar-refractivity contribution in [1.82, 2.24) is 5.32 Å². The minimum absolute atomic E-state index is 0.170. The van der Waals surface area contributed by atoms with Crippen LogP contribution >= 0.6 is 0 Å². The highest BCUT2D eigenvalue weighted by Crippen LogP contribution is 2.23.